The molecular formula is C17H20O4. The van der Waals surface area contributed by atoms with Crippen LogP contribution < -0.4 is 0 Å². The van der Waals surface area contributed by atoms with E-state index in [-0.39, 0.29) is 35.5 Å². The minimum absolute atomic E-state index is 0.0287. The maximum absolute atomic E-state index is 11.9. The van der Waals surface area contributed by atoms with E-state index in [9.17, 15) is 9.59 Å². The number of hydrogen-bond donors (Lipinski definition) is 0. The second kappa shape index (κ2) is 3.79. The van der Waals surface area contributed by atoms with Crippen LogP contribution in [0.4, 0.5) is 0 Å². The summed E-state index contributed by atoms with van der Waals surface area (Å²) in [6, 6.07) is 0. The van der Waals surface area contributed by atoms with Crippen LogP contribution in [0.3, 0.4) is 0 Å². The van der Waals surface area contributed by atoms with Crippen LogP contribution in [0.5, 0.6) is 0 Å². The zero-order valence-corrected chi connectivity index (χ0v) is 12.6. The van der Waals surface area contributed by atoms with Gasteiger partial charge in [-0.2, -0.15) is 0 Å². The first-order chi connectivity index (χ1) is 9.84. The van der Waals surface area contributed by atoms with Crippen molar-refractivity contribution in [2.24, 2.45) is 23.2 Å². The monoisotopic (exact) mass is 288 g/mol. The molecule has 1 heterocycles. The van der Waals surface area contributed by atoms with E-state index >= 15 is 0 Å². The summed E-state index contributed by atoms with van der Waals surface area (Å²) in [4.78, 5) is 23.5. The predicted octanol–water partition coefficient (Wildman–Crippen LogP) is 2.39. The van der Waals surface area contributed by atoms with Gasteiger partial charge < -0.3 is 9.47 Å². The number of hydrogen-bond acceptors (Lipinski definition) is 4. The lowest BCUT2D eigenvalue weighted by atomic mass is 9.62. The SMILES string of the molecule is C=C1C2CC2C2(C)CC3OC(=O)C(C)=C3C(OC(C)=O)C12. The van der Waals surface area contributed by atoms with Gasteiger partial charge in [-0.05, 0) is 37.0 Å². The molecule has 0 aromatic heterocycles. The van der Waals surface area contributed by atoms with Crippen molar-refractivity contribution >= 4 is 11.9 Å². The van der Waals surface area contributed by atoms with Crippen molar-refractivity contribution < 1.29 is 19.1 Å². The molecule has 21 heavy (non-hydrogen) atoms. The highest BCUT2D eigenvalue weighted by atomic mass is 16.6. The van der Waals surface area contributed by atoms with E-state index in [0.717, 1.165) is 12.0 Å². The Labute approximate surface area is 124 Å². The molecule has 0 aromatic carbocycles. The van der Waals surface area contributed by atoms with Gasteiger partial charge in [0.1, 0.15) is 12.2 Å². The number of rotatable bonds is 1. The summed E-state index contributed by atoms with van der Waals surface area (Å²) in [5.41, 5.74) is 2.72. The minimum Gasteiger partial charge on any atom is -0.457 e. The van der Waals surface area contributed by atoms with Gasteiger partial charge >= 0.3 is 11.9 Å². The van der Waals surface area contributed by atoms with Crippen molar-refractivity contribution in [3.05, 3.63) is 23.3 Å². The fourth-order valence-corrected chi connectivity index (χ4v) is 5.11. The summed E-state index contributed by atoms with van der Waals surface area (Å²) in [7, 11) is 0. The third-order valence-corrected chi connectivity index (χ3v) is 6.09. The summed E-state index contributed by atoms with van der Waals surface area (Å²) in [5, 5.41) is 0. The summed E-state index contributed by atoms with van der Waals surface area (Å²) in [6.07, 6.45) is 1.40. The first-order valence-corrected chi connectivity index (χ1v) is 7.62. The van der Waals surface area contributed by atoms with Crippen LogP contribution in [-0.4, -0.2) is 24.1 Å². The Morgan fingerprint density at radius 2 is 2.19 bits per heavy atom. The number of esters is 2. The minimum atomic E-state index is -0.377. The molecule has 6 atom stereocenters. The molecule has 0 radical (unpaired) electrons. The van der Waals surface area contributed by atoms with Crippen molar-refractivity contribution in [3.8, 4) is 0 Å². The third kappa shape index (κ3) is 1.51. The smallest absolute Gasteiger partial charge is 0.334 e. The zero-order chi connectivity index (χ0) is 15.1. The van der Waals surface area contributed by atoms with Crippen LogP contribution in [0.2, 0.25) is 0 Å². The van der Waals surface area contributed by atoms with Gasteiger partial charge in [-0.25, -0.2) is 4.79 Å². The second-order valence-electron chi connectivity index (χ2n) is 7.22. The third-order valence-electron chi connectivity index (χ3n) is 6.09. The molecule has 3 aliphatic carbocycles. The molecule has 0 amide bonds. The van der Waals surface area contributed by atoms with Crippen LogP contribution in [0, 0.1) is 23.2 Å². The Kier molecular flexibility index (Phi) is 2.36. The van der Waals surface area contributed by atoms with Crippen molar-refractivity contribution in [1.29, 1.82) is 0 Å². The summed E-state index contributed by atoms with van der Waals surface area (Å²) in [5.74, 6) is 0.716. The molecule has 4 heteroatoms. The van der Waals surface area contributed by atoms with E-state index in [2.05, 4.69) is 13.5 Å². The lowest BCUT2D eigenvalue weighted by Crippen LogP contribution is -2.48. The van der Waals surface area contributed by atoms with Gasteiger partial charge in [0.2, 0.25) is 0 Å². The molecule has 0 N–H and O–H groups in total. The lowest BCUT2D eigenvalue weighted by Gasteiger charge is -2.46. The Morgan fingerprint density at radius 1 is 1.48 bits per heavy atom. The molecule has 4 nitrogen and oxygen atoms in total. The average Bonchev–Trinajstić information content (AvgIpc) is 3.08. The van der Waals surface area contributed by atoms with Crippen molar-refractivity contribution in [2.75, 3.05) is 0 Å². The van der Waals surface area contributed by atoms with Gasteiger partial charge in [0.15, 0.2) is 0 Å². The summed E-state index contributed by atoms with van der Waals surface area (Å²) in [6.45, 7) is 9.72. The van der Waals surface area contributed by atoms with E-state index in [0.29, 0.717) is 17.4 Å². The zero-order valence-electron chi connectivity index (χ0n) is 12.6. The van der Waals surface area contributed by atoms with Crippen LogP contribution in [0.15, 0.2) is 23.3 Å². The number of ether oxygens (including phenoxy) is 2. The quantitative estimate of drug-likeness (QED) is 0.549. The normalized spacial score (nSPS) is 46.7. The van der Waals surface area contributed by atoms with Crippen LogP contribution in [0.1, 0.15) is 33.6 Å². The van der Waals surface area contributed by atoms with Gasteiger partial charge in [-0.1, -0.05) is 19.1 Å². The Hall–Kier alpha value is -1.58. The fourth-order valence-electron chi connectivity index (χ4n) is 5.11. The van der Waals surface area contributed by atoms with Gasteiger partial charge in [0, 0.05) is 24.0 Å². The van der Waals surface area contributed by atoms with Gasteiger partial charge in [-0.3, -0.25) is 4.79 Å². The van der Waals surface area contributed by atoms with E-state index < -0.39 is 0 Å². The highest BCUT2D eigenvalue weighted by molar-refractivity contribution is 5.92. The number of fused-ring (bicyclic) bond motifs is 4. The number of carbonyl (C=O) groups excluding carboxylic acids is 2. The molecule has 3 fully saturated rings. The Bertz CT molecular complexity index is 616. The summed E-state index contributed by atoms with van der Waals surface area (Å²) >= 11 is 0. The van der Waals surface area contributed by atoms with E-state index in [1.165, 1.54) is 18.9 Å². The number of carbonyl (C=O) groups is 2. The van der Waals surface area contributed by atoms with E-state index in [4.69, 9.17) is 9.47 Å². The van der Waals surface area contributed by atoms with E-state index in [1.807, 2.05) is 0 Å². The molecular weight excluding hydrogens is 268 g/mol. The van der Waals surface area contributed by atoms with E-state index in [1.54, 1.807) is 6.92 Å². The molecule has 1 aliphatic heterocycles. The molecule has 6 unspecified atom stereocenters. The molecule has 3 saturated carbocycles. The molecule has 112 valence electrons. The van der Waals surface area contributed by atoms with Crippen molar-refractivity contribution in [2.45, 2.75) is 45.8 Å². The first-order valence-electron chi connectivity index (χ1n) is 7.62. The second-order valence-corrected chi connectivity index (χ2v) is 7.22. The summed E-state index contributed by atoms with van der Waals surface area (Å²) < 4.78 is 11.2. The van der Waals surface area contributed by atoms with Gasteiger partial charge in [0.05, 0.1) is 0 Å². The van der Waals surface area contributed by atoms with Crippen LogP contribution in [0.25, 0.3) is 0 Å². The fraction of sp³-hybridized carbons (Fsp3) is 0.647. The van der Waals surface area contributed by atoms with Gasteiger partial charge in [-0.15, -0.1) is 0 Å². The van der Waals surface area contributed by atoms with Crippen LogP contribution in [-0.2, 0) is 19.1 Å². The highest BCUT2D eigenvalue weighted by Gasteiger charge is 2.69. The first kappa shape index (κ1) is 13.1. The molecule has 4 rings (SSSR count). The Balaban J connectivity index is 1.83. The molecule has 0 bridgehead atoms. The maximum Gasteiger partial charge on any atom is 0.334 e. The molecule has 0 saturated heterocycles. The van der Waals surface area contributed by atoms with Crippen molar-refractivity contribution in [1.82, 2.24) is 0 Å². The highest BCUT2D eigenvalue weighted by Crippen LogP contribution is 2.72. The molecule has 0 spiro atoms. The molecule has 4 aliphatic rings. The standard InChI is InChI=1S/C17H20O4/c1-7-10-5-11(10)17(4)6-12-13(8(2)16(19)21-12)15(14(7)17)20-9(3)18/h10-12,14-15H,1,5-6H2,2-4H3. The predicted molar refractivity (Wildman–Crippen MR) is 75.1 cm³/mol. The maximum atomic E-state index is 11.9. The van der Waals surface area contributed by atoms with Gasteiger partial charge in [0.25, 0.3) is 0 Å². The Morgan fingerprint density at radius 3 is 2.86 bits per heavy atom. The van der Waals surface area contributed by atoms with Crippen molar-refractivity contribution in [3.63, 3.8) is 0 Å². The average molecular weight is 288 g/mol. The molecule has 0 aromatic rings. The largest absolute Gasteiger partial charge is 0.457 e. The lowest BCUT2D eigenvalue weighted by molar-refractivity contribution is -0.153. The van der Waals surface area contributed by atoms with Crippen LogP contribution >= 0.6 is 0 Å². The topological polar surface area (TPSA) is 52.6 Å².